The first-order chi connectivity index (χ1) is 9.90. The molecule has 21 heavy (non-hydrogen) atoms. The monoisotopic (exact) mass is 311 g/mol. The standard InChI is InChI=1S/C14H18ClN3O3/c1-16(2)10-5-7-17(8-6-10)14(19)12-9-11(18(20)21)3-4-13(12)15/h3-4,9-10H,5-8H2,1-2H3. The van der Waals surface area contributed by atoms with E-state index in [-0.39, 0.29) is 22.2 Å². The first kappa shape index (κ1) is 15.7. The van der Waals surface area contributed by atoms with Gasteiger partial charge in [0, 0.05) is 31.3 Å². The van der Waals surface area contributed by atoms with E-state index in [0.717, 1.165) is 12.8 Å². The fourth-order valence-corrected chi connectivity index (χ4v) is 2.74. The third-order valence-corrected chi connectivity index (χ3v) is 4.20. The normalized spacial score (nSPS) is 16.3. The Hall–Kier alpha value is -1.66. The van der Waals surface area contributed by atoms with Crippen molar-refractivity contribution in [3.05, 3.63) is 38.9 Å². The number of carbonyl (C=O) groups excluding carboxylic acids is 1. The zero-order valence-corrected chi connectivity index (χ0v) is 12.8. The molecule has 0 unspecified atom stereocenters. The topological polar surface area (TPSA) is 66.7 Å². The lowest BCUT2D eigenvalue weighted by molar-refractivity contribution is -0.384. The SMILES string of the molecule is CN(C)C1CCN(C(=O)c2cc([N+](=O)[O-])ccc2Cl)CC1. The number of halogens is 1. The number of likely N-dealkylation sites (tertiary alicyclic amines) is 1. The van der Waals surface area contributed by atoms with E-state index >= 15 is 0 Å². The molecule has 1 saturated heterocycles. The Kier molecular flexibility index (Phi) is 4.80. The Morgan fingerprint density at radius 1 is 1.38 bits per heavy atom. The van der Waals surface area contributed by atoms with Crippen molar-refractivity contribution in [3.63, 3.8) is 0 Å². The van der Waals surface area contributed by atoms with Crippen LogP contribution in [0.4, 0.5) is 5.69 Å². The van der Waals surface area contributed by atoms with Gasteiger partial charge in [-0.15, -0.1) is 0 Å². The number of nitro benzene ring substituents is 1. The van der Waals surface area contributed by atoms with Gasteiger partial charge in [-0.3, -0.25) is 14.9 Å². The smallest absolute Gasteiger partial charge is 0.270 e. The van der Waals surface area contributed by atoms with Crippen LogP contribution in [0.5, 0.6) is 0 Å². The highest BCUT2D eigenvalue weighted by Crippen LogP contribution is 2.25. The van der Waals surface area contributed by atoms with Gasteiger partial charge in [-0.1, -0.05) is 11.6 Å². The molecule has 0 saturated carbocycles. The largest absolute Gasteiger partial charge is 0.338 e. The summed E-state index contributed by atoms with van der Waals surface area (Å²) in [5.74, 6) is -0.235. The van der Waals surface area contributed by atoms with Crippen LogP contribution in [0.3, 0.4) is 0 Å². The molecule has 1 heterocycles. The predicted octanol–water partition coefficient (Wildman–Crippen LogP) is 2.41. The van der Waals surface area contributed by atoms with Crippen molar-refractivity contribution >= 4 is 23.2 Å². The second-order valence-corrected chi connectivity index (χ2v) is 5.82. The summed E-state index contributed by atoms with van der Waals surface area (Å²) in [7, 11) is 4.05. The molecule has 1 aromatic rings. The summed E-state index contributed by atoms with van der Waals surface area (Å²) >= 11 is 6.02. The first-order valence-corrected chi connectivity index (χ1v) is 7.17. The molecule has 1 aliphatic rings. The van der Waals surface area contributed by atoms with Gasteiger partial charge >= 0.3 is 0 Å². The predicted molar refractivity (Wildman–Crippen MR) is 80.7 cm³/mol. The molecule has 0 aliphatic carbocycles. The summed E-state index contributed by atoms with van der Waals surface area (Å²) in [5, 5.41) is 11.1. The van der Waals surface area contributed by atoms with Crippen molar-refractivity contribution in [3.8, 4) is 0 Å². The Morgan fingerprint density at radius 2 is 2.00 bits per heavy atom. The van der Waals surface area contributed by atoms with Crippen LogP contribution < -0.4 is 0 Å². The van der Waals surface area contributed by atoms with Crippen LogP contribution in [-0.4, -0.2) is 53.9 Å². The molecule has 0 N–H and O–H groups in total. The maximum atomic E-state index is 12.5. The van der Waals surface area contributed by atoms with Gasteiger partial charge in [0.1, 0.15) is 0 Å². The summed E-state index contributed by atoms with van der Waals surface area (Å²) in [5.41, 5.74) is 0.0834. The summed E-state index contributed by atoms with van der Waals surface area (Å²) in [6.07, 6.45) is 1.79. The highest BCUT2D eigenvalue weighted by atomic mass is 35.5. The van der Waals surface area contributed by atoms with Crippen LogP contribution in [0, 0.1) is 10.1 Å². The van der Waals surface area contributed by atoms with E-state index in [1.165, 1.54) is 18.2 Å². The van der Waals surface area contributed by atoms with Crippen molar-refractivity contribution in [2.24, 2.45) is 0 Å². The second-order valence-electron chi connectivity index (χ2n) is 5.41. The molecular formula is C14H18ClN3O3. The van der Waals surface area contributed by atoms with Gasteiger partial charge in [-0.25, -0.2) is 0 Å². The number of piperidine rings is 1. The van der Waals surface area contributed by atoms with Gasteiger partial charge < -0.3 is 9.80 Å². The summed E-state index contributed by atoms with van der Waals surface area (Å²) < 4.78 is 0. The zero-order valence-electron chi connectivity index (χ0n) is 12.1. The lowest BCUT2D eigenvalue weighted by Gasteiger charge is -2.35. The number of hydrogen-bond donors (Lipinski definition) is 0. The molecule has 0 aromatic heterocycles. The minimum atomic E-state index is -0.522. The number of nitro groups is 1. The van der Waals surface area contributed by atoms with Gasteiger partial charge in [0.05, 0.1) is 15.5 Å². The van der Waals surface area contributed by atoms with Gasteiger partial charge in [0.2, 0.25) is 0 Å². The van der Waals surface area contributed by atoms with E-state index < -0.39 is 4.92 Å². The summed E-state index contributed by atoms with van der Waals surface area (Å²) in [4.78, 5) is 26.6. The molecule has 1 aromatic carbocycles. The minimum Gasteiger partial charge on any atom is -0.338 e. The second kappa shape index (κ2) is 6.41. The molecule has 7 heteroatoms. The number of benzene rings is 1. The molecule has 0 bridgehead atoms. The van der Waals surface area contributed by atoms with E-state index in [1.807, 2.05) is 14.1 Å². The van der Waals surface area contributed by atoms with Crippen LogP contribution in [0.1, 0.15) is 23.2 Å². The quantitative estimate of drug-likeness (QED) is 0.635. The molecule has 1 aliphatic heterocycles. The van der Waals surface area contributed by atoms with E-state index in [0.29, 0.717) is 19.1 Å². The molecule has 2 rings (SSSR count). The third-order valence-electron chi connectivity index (χ3n) is 3.87. The van der Waals surface area contributed by atoms with Crippen molar-refractivity contribution in [1.29, 1.82) is 0 Å². The Morgan fingerprint density at radius 3 is 2.52 bits per heavy atom. The van der Waals surface area contributed by atoms with E-state index in [4.69, 9.17) is 11.6 Å². The van der Waals surface area contributed by atoms with E-state index in [9.17, 15) is 14.9 Å². The fraction of sp³-hybridized carbons (Fsp3) is 0.500. The first-order valence-electron chi connectivity index (χ1n) is 6.80. The maximum Gasteiger partial charge on any atom is 0.270 e. The van der Waals surface area contributed by atoms with Crippen LogP contribution in [0.25, 0.3) is 0 Å². The van der Waals surface area contributed by atoms with E-state index in [2.05, 4.69) is 4.90 Å². The Balaban J connectivity index is 2.14. The molecule has 114 valence electrons. The average molecular weight is 312 g/mol. The van der Waals surface area contributed by atoms with Gasteiger partial charge in [-0.2, -0.15) is 0 Å². The third kappa shape index (κ3) is 3.51. The summed E-state index contributed by atoms with van der Waals surface area (Å²) in [6, 6.07) is 4.43. The molecule has 0 spiro atoms. The zero-order chi connectivity index (χ0) is 15.6. The number of carbonyl (C=O) groups is 1. The van der Waals surface area contributed by atoms with Crippen LogP contribution >= 0.6 is 11.6 Å². The van der Waals surface area contributed by atoms with Crippen molar-refractivity contribution < 1.29 is 9.72 Å². The lowest BCUT2D eigenvalue weighted by Crippen LogP contribution is -2.44. The molecular weight excluding hydrogens is 294 g/mol. The van der Waals surface area contributed by atoms with Gasteiger partial charge in [0.15, 0.2) is 0 Å². The highest BCUT2D eigenvalue weighted by Gasteiger charge is 2.26. The van der Waals surface area contributed by atoms with Crippen molar-refractivity contribution in [1.82, 2.24) is 9.80 Å². The molecule has 1 amide bonds. The fourth-order valence-electron chi connectivity index (χ4n) is 2.55. The number of amides is 1. The van der Waals surface area contributed by atoms with Crippen molar-refractivity contribution in [2.45, 2.75) is 18.9 Å². The number of rotatable bonds is 3. The van der Waals surface area contributed by atoms with Crippen molar-refractivity contribution in [2.75, 3.05) is 27.2 Å². The van der Waals surface area contributed by atoms with Gasteiger partial charge in [-0.05, 0) is 33.0 Å². The highest BCUT2D eigenvalue weighted by molar-refractivity contribution is 6.33. The average Bonchev–Trinajstić information content (AvgIpc) is 2.47. The molecule has 0 radical (unpaired) electrons. The van der Waals surface area contributed by atoms with Crippen LogP contribution in [0.15, 0.2) is 18.2 Å². The van der Waals surface area contributed by atoms with E-state index in [1.54, 1.807) is 4.90 Å². The van der Waals surface area contributed by atoms with Crippen LogP contribution in [-0.2, 0) is 0 Å². The number of nitrogens with zero attached hydrogens (tertiary/aromatic N) is 3. The molecule has 0 atom stereocenters. The Bertz CT molecular complexity index is 554. The lowest BCUT2D eigenvalue weighted by atomic mass is 10.0. The minimum absolute atomic E-state index is 0.120. The van der Waals surface area contributed by atoms with Gasteiger partial charge in [0.25, 0.3) is 11.6 Å². The maximum absolute atomic E-state index is 12.5. The molecule has 1 fully saturated rings. The van der Waals surface area contributed by atoms with Crippen LogP contribution in [0.2, 0.25) is 5.02 Å². The summed E-state index contributed by atoms with van der Waals surface area (Å²) in [6.45, 7) is 1.28. The Labute approximate surface area is 128 Å². The molecule has 6 nitrogen and oxygen atoms in total. The number of non-ortho nitro benzene ring substituents is 1. The number of hydrogen-bond acceptors (Lipinski definition) is 4.